The lowest BCUT2D eigenvalue weighted by atomic mass is 10.1. The van der Waals surface area contributed by atoms with Gasteiger partial charge >= 0.3 is 0 Å². The van der Waals surface area contributed by atoms with Gasteiger partial charge < -0.3 is 4.52 Å². The first-order chi connectivity index (χ1) is 8.70. The van der Waals surface area contributed by atoms with Crippen LogP contribution in [-0.4, -0.2) is 15.1 Å². The van der Waals surface area contributed by atoms with E-state index in [-0.39, 0.29) is 0 Å². The summed E-state index contributed by atoms with van der Waals surface area (Å²) in [5.41, 5.74) is 1.41. The Morgan fingerprint density at radius 1 is 1.50 bits per heavy atom. The van der Waals surface area contributed by atoms with Gasteiger partial charge in [-0.25, -0.2) is 4.98 Å². The molecule has 0 amide bonds. The highest BCUT2D eigenvalue weighted by Gasteiger charge is 2.16. The molecular weight excluding hydrogens is 246 g/mol. The van der Waals surface area contributed by atoms with E-state index in [9.17, 15) is 0 Å². The van der Waals surface area contributed by atoms with Crippen LogP contribution in [-0.2, 0) is 0 Å². The first-order valence-electron chi connectivity index (χ1n) is 6.16. The Morgan fingerprint density at radius 3 is 3.06 bits per heavy atom. The Morgan fingerprint density at radius 2 is 2.39 bits per heavy atom. The molecule has 5 heteroatoms. The molecule has 1 fully saturated rings. The molecule has 3 rings (SSSR count). The lowest BCUT2D eigenvalue weighted by molar-refractivity contribution is 0.410. The van der Waals surface area contributed by atoms with Gasteiger partial charge in [0.05, 0.1) is 0 Å². The number of allylic oxidation sites excluding steroid dienone is 1. The van der Waals surface area contributed by atoms with Gasteiger partial charge in [-0.2, -0.15) is 4.98 Å². The van der Waals surface area contributed by atoms with E-state index in [4.69, 9.17) is 4.52 Å². The van der Waals surface area contributed by atoms with Crippen molar-refractivity contribution in [2.75, 3.05) is 0 Å². The summed E-state index contributed by atoms with van der Waals surface area (Å²) in [6, 6.07) is 0. The van der Waals surface area contributed by atoms with Crippen LogP contribution in [0.5, 0.6) is 0 Å². The van der Waals surface area contributed by atoms with Crippen LogP contribution >= 0.6 is 11.3 Å². The van der Waals surface area contributed by atoms with Crippen molar-refractivity contribution in [2.45, 2.75) is 33.1 Å². The molecule has 0 radical (unpaired) electrons. The fourth-order valence-electron chi connectivity index (χ4n) is 2.23. The second-order valence-corrected chi connectivity index (χ2v) is 6.12. The van der Waals surface area contributed by atoms with Crippen LogP contribution in [0.4, 0.5) is 0 Å². The number of rotatable bonds is 2. The molecule has 1 aliphatic carbocycles. The molecule has 1 aliphatic rings. The molecular formula is C13H15N3OS. The second-order valence-electron chi connectivity index (χ2n) is 4.88. The Kier molecular flexibility index (Phi) is 2.99. The summed E-state index contributed by atoms with van der Waals surface area (Å²) in [6.45, 7) is 4.29. The molecule has 0 spiro atoms. The predicted octanol–water partition coefficient (Wildman–Crippen LogP) is 3.70. The lowest BCUT2D eigenvalue weighted by Crippen LogP contribution is -1.81. The average molecular weight is 261 g/mol. The maximum absolute atomic E-state index is 5.25. The number of hydrogen-bond donors (Lipinski definition) is 0. The Bertz CT molecular complexity index is 585. The van der Waals surface area contributed by atoms with Crippen molar-refractivity contribution in [3.05, 3.63) is 22.5 Å². The largest absolute Gasteiger partial charge is 0.334 e. The second kappa shape index (κ2) is 4.65. The van der Waals surface area contributed by atoms with Crippen molar-refractivity contribution in [3.8, 4) is 10.8 Å². The number of aryl methyl sites for hydroxylation is 1. The molecule has 2 aromatic rings. The topological polar surface area (TPSA) is 51.8 Å². The summed E-state index contributed by atoms with van der Waals surface area (Å²) in [5.74, 6) is 1.97. The molecule has 18 heavy (non-hydrogen) atoms. The minimum absolute atomic E-state index is 0.589. The monoisotopic (exact) mass is 261 g/mol. The van der Waals surface area contributed by atoms with Gasteiger partial charge in [0.25, 0.3) is 5.89 Å². The number of hydrogen-bond acceptors (Lipinski definition) is 5. The van der Waals surface area contributed by atoms with Gasteiger partial charge in [-0.1, -0.05) is 17.7 Å². The summed E-state index contributed by atoms with van der Waals surface area (Å²) in [6.07, 6.45) is 7.41. The third-order valence-corrected chi connectivity index (χ3v) is 4.06. The molecule has 2 heterocycles. The number of thiazole rings is 1. The first-order valence-corrected chi connectivity index (χ1v) is 6.98. The van der Waals surface area contributed by atoms with Gasteiger partial charge in [0.1, 0.15) is 0 Å². The maximum atomic E-state index is 5.25. The molecule has 94 valence electrons. The Labute approximate surface area is 110 Å². The van der Waals surface area contributed by atoms with Crippen LogP contribution in [0, 0.1) is 12.8 Å². The summed E-state index contributed by atoms with van der Waals surface area (Å²) < 4.78 is 5.25. The third-order valence-electron chi connectivity index (χ3n) is 3.15. The van der Waals surface area contributed by atoms with Crippen molar-refractivity contribution < 1.29 is 4.52 Å². The quantitative estimate of drug-likeness (QED) is 0.827. The molecule has 4 nitrogen and oxygen atoms in total. The lowest BCUT2D eigenvalue weighted by Gasteiger charge is -1.94. The third kappa shape index (κ3) is 2.36. The molecule has 1 unspecified atom stereocenters. The number of nitrogens with zero attached hydrogens (tertiary/aromatic N) is 3. The van der Waals surface area contributed by atoms with E-state index in [0.29, 0.717) is 11.7 Å². The number of aromatic nitrogens is 3. The van der Waals surface area contributed by atoms with Crippen LogP contribution in [0.15, 0.2) is 16.3 Å². The van der Waals surface area contributed by atoms with Crippen LogP contribution in [0.25, 0.3) is 16.9 Å². The zero-order chi connectivity index (χ0) is 12.5. The Hall–Kier alpha value is -1.49. The molecule has 0 aliphatic heterocycles. The Balaban J connectivity index is 1.82. The van der Waals surface area contributed by atoms with E-state index in [0.717, 1.165) is 28.6 Å². The van der Waals surface area contributed by atoms with E-state index in [1.165, 1.54) is 12.0 Å². The normalized spacial score (nSPS) is 21.9. The fourth-order valence-corrected chi connectivity index (χ4v) is 2.92. The average Bonchev–Trinajstić information content (AvgIpc) is 3.01. The zero-order valence-electron chi connectivity index (χ0n) is 10.5. The summed E-state index contributed by atoms with van der Waals surface area (Å²) >= 11 is 1.58. The minimum atomic E-state index is 0.589. The van der Waals surface area contributed by atoms with Crippen LogP contribution in [0.3, 0.4) is 0 Å². The van der Waals surface area contributed by atoms with E-state index in [1.54, 1.807) is 11.3 Å². The van der Waals surface area contributed by atoms with Crippen molar-refractivity contribution >= 4 is 17.4 Å². The highest BCUT2D eigenvalue weighted by molar-refractivity contribution is 7.14. The van der Waals surface area contributed by atoms with E-state index in [2.05, 4.69) is 22.0 Å². The van der Waals surface area contributed by atoms with E-state index >= 15 is 0 Å². The van der Waals surface area contributed by atoms with Crippen molar-refractivity contribution in [3.63, 3.8) is 0 Å². The van der Waals surface area contributed by atoms with Gasteiger partial charge in [0, 0.05) is 17.2 Å². The van der Waals surface area contributed by atoms with Crippen LogP contribution < -0.4 is 0 Å². The van der Waals surface area contributed by atoms with Crippen molar-refractivity contribution in [1.29, 1.82) is 0 Å². The van der Waals surface area contributed by atoms with E-state index < -0.39 is 0 Å². The van der Waals surface area contributed by atoms with Crippen molar-refractivity contribution in [2.24, 2.45) is 5.92 Å². The highest BCUT2D eigenvalue weighted by atomic mass is 32.1. The SMILES string of the molecule is Cc1cnc(-c2noc(/C=C3/CCC(C)C3)n2)s1. The van der Waals surface area contributed by atoms with Crippen LogP contribution in [0.2, 0.25) is 0 Å². The highest BCUT2D eigenvalue weighted by Crippen LogP contribution is 2.31. The zero-order valence-corrected chi connectivity index (χ0v) is 11.3. The molecule has 1 saturated carbocycles. The summed E-state index contributed by atoms with van der Waals surface area (Å²) in [5, 5.41) is 4.80. The minimum Gasteiger partial charge on any atom is -0.334 e. The van der Waals surface area contributed by atoms with Gasteiger partial charge in [0.15, 0.2) is 5.01 Å². The predicted molar refractivity (Wildman–Crippen MR) is 71.1 cm³/mol. The molecule has 1 atom stereocenters. The molecule has 0 bridgehead atoms. The molecule has 2 aromatic heterocycles. The van der Waals surface area contributed by atoms with E-state index in [1.807, 2.05) is 19.2 Å². The first kappa shape index (κ1) is 11.6. The molecule has 0 saturated heterocycles. The molecule has 0 aromatic carbocycles. The van der Waals surface area contributed by atoms with Crippen LogP contribution in [0.1, 0.15) is 37.0 Å². The molecule has 0 N–H and O–H groups in total. The standard InChI is InChI=1S/C13H15N3OS/c1-8-3-4-10(5-8)6-11-15-12(16-17-11)13-14-7-9(2)18-13/h6-8H,3-5H2,1-2H3/b10-6-. The smallest absolute Gasteiger partial charge is 0.250 e. The van der Waals surface area contributed by atoms with Gasteiger partial charge in [0.2, 0.25) is 5.82 Å². The van der Waals surface area contributed by atoms with Crippen molar-refractivity contribution in [1.82, 2.24) is 15.1 Å². The van der Waals surface area contributed by atoms with Gasteiger partial charge in [-0.3, -0.25) is 0 Å². The maximum Gasteiger partial charge on any atom is 0.250 e. The summed E-state index contributed by atoms with van der Waals surface area (Å²) in [4.78, 5) is 9.78. The fraction of sp³-hybridized carbons (Fsp3) is 0.462. The van der Waals surface area contributed by atoms with Gasteiger partial charge in [-0.05, 0) is 32.1 Å². The van der Waals surface area contributed by atoms with Gasteiger partial charge in [-0.15, -0.1) is 11.3 Å². The summed E-state index contributed by atoms with van der Waals surface area (Å²) in [7, 11) is 0.